The largest absolute Gasteiger partial charge is 0.390 e. The van der Waals surface area contributed by atoms with Crippen molar-refractivity contribution in [3.63, 3.8) is 0 Å². The molecule has 1 aromatic rings. The van der Waals surface area contributed by atoms with Gasteiger partial charge in [-0.2, -0.15) is 4.31 Å². The molecule has 0 spiro atoms. The van der Waals surface area contributed by atoms with Gasteiger partial charge in [-0.15, -0.1) is 0 Å². The summed E-state index contributed by atoms with van der Waals surface area (Å²) in [4.78, 5) is 0.274. The Morgan fingerprint density at radius 2 is 2.14 bits per heavy atom. The van der Waals surface area contributed by atoms with Gasteiger partial charge in [0.15, 0.2) is 0 Å². The van der Waals surface area contributed by atoms with Gasteiger partial charge in [0, 0.05) is 31.0 Å². The van der Waals surface area contributed by atoms with Crippen molar-refractivity contribution in [2.45, 2.75) is 49.8 Å². The zero-order chi connectivity index (χ0) is 15.3. The third kappa shape index (κ3) is 2.88. The topological polar surface area (TPSA) is 71.8 Å². The normalized spacial score (nSPS) is 23.4. The minimum absolute atomic E-state index is 0.138. The first-order valence-corrected chi connectivity index (χ1v) is 8.73. The number of hydrogen-bond donors (Lipinski definition) is 1. The molecule has 1 N–H and O–H groups in total. The van der Waals surface area contributed by atoms with E-state index in [-0.39, 0.29) is 11.5 Å². The molecule has 0 aromatic carbocycles. The highest BCUT2D eigenvalue weighted by Gasteiger charge is 2.36. The first kappa shape index (κ1) is 15.0. The van der Waals surface area contributed by atoms with Crippen LogP contribution in [0.4, 0.5) is 0 Å². The lowest BCUT2D eigenvalue weighted by molar-refractivity contribution is -0.0640. The fourth-order valence-electron chi connectivity index (χ4n) is 2.78. The van der Waals surface area contributed by atoms with Crippen LogP contribution in [0.3, 0.4) is 0 Å². The van der Waals surface area contributed by atoms with Gasteiger partial charge in [0.25, 0.3) is 0 Å². The van der Waals surface area contributed by atoms with Gasteiger partial charge < -0.3 is 14.4 Å². The predicted molar refractivity (Wildman–Crippen MR) is 77.4 cm³/mol. The molecule has 2 aliphatic rings. The first-order chi connectivity index (χ1) is 9.83. The fourth-order valence-corrected chi connectivity index (χ4v) is 4.41. The van der Waals surface area contributed by atoms with Crippen molar-refractivity contribution in [1.29, 1.82) is 0 Å². The molecular weight excluding hydrogens is 292 g/mol. The molecule has 0 bridgehead atoms. The molecular formula is C14H22N2O4S. The summed E-state index contributed by atoms with van der Waals surface area (Å²) in [6.45, 7) is 4.77. The van der Waals surface area contributed by atoms with E-state index in [0.29, 0.717) is 31.4 Å². The molecule has 118 valence electrons. The average Bonchev–Trinajstić information content (AvgIpc) is 3.16. The van der Waals surface area contributed by atoms with Gasteiger partial charge in [-0.3, -0.25) is 0 Å². The lowest BCUT2D eigenvalue weighted by atomic mass is 10.1. The zero-order valence-electron chi connectivity index (χ0n) is 12.4. The van der Waals surface area contributed by atoms with E-state index < -0.39 is 15.6 Å². The molecule has 1 saturated heterocycles. The van der Waals surface area contributed by atoms with Crippen LogP contribution in [0.2, 0.25) is 0 Å². The van der Waals surface area contributed by atoms with E-state index in [1.54, 1.807) is 12.3 Å². The number of hydrogen-bond acceptors (Lipinski definition) is 4. The SMILES string of the molecule is CC1(C)CN(S(=O)(=O)c2cc(CO)n(C3CC3)c2)CCO1. The second-order valence-corrected chi connectivity index (χ2v) is 8.35. The molecule has 0 unspecified atom stereocenters. The fraction of sp³-hybridized carbons (Fsp3) is 0.714. The van der Waals surface area contributed by atoms with E-state index in [1.165, 1.54) is 4.31 Å². The number of ether oxygens (including phenoxy) is 1. The highest BCUT2D eigenvalue weighted by atomic mass is 32.2. The van der Waals surface area contributed by atoms with Crippen molar-refractivity contribution < 1.29 is 18.3 Å². The van der Waals surface area contributed by atoms with Gasteiger partial charge in [0.1, 0.15) is 4.90 Å². The Kier molecular flexibility index (Phi) is 3.64. The van der Waals surface area contributed by atoms with Gasteiger partial charge in [0.2, 0.25) is 10.0 Å². The molecule has 0 radical (unpaired) electrons. The minimum atomic E-state index is -3.53. The number of morpholine rings is 1. The van der Waals surface area contributed by atoms with Crippen LogP contribution < -0.4 is 0 Å². The number of aliphatic hydroxyl groups is 1. The monoisotopic (exact) mass is 314 g/mol. The highest BCUT2D eigenvalue weighted by molar-refractivity contribution is 7.89. The van der Waals surface area contributed by atoms with E-state index >= 15 is 0 Å². The van der Waals surface area contributed by atoms with Crippen LogP contribution in [0.15, 0.2) is 17.2 Å². The van der Waals surface area contributed by atoms with Crippen LogP contribution in [0, 0.1) is 0 Å². The maximum Gasteiger partial charge on any atom is 0.244 e. The van der Waals surface area contributed by atoms with Gasteiger partial charge in [-0.1, -0.05) is 0 Å². The molecule has 21 heavy (non-hydrogen) atoms. The Morgan fingerprint density at radius 1 is 1.43 bits per heavy atom. The molecule has 1 aliphatic heterocycles. The summed E-state index contributed by atoms with van der Waals surface area (Å²) in [5, 5.41) is 9.42. The Morgan fingerprint density at radius 3 is 2.71 bits per heavy atom. The maximum atomic E-state index is 12.8. The number of aromatic nitrogens is 1. The summed E-state index contributed by atoms with van der Waals surface area (Å²) >= 11 is 0. The van der Waals surface area contributed by atoms with Crippen molar-refractivity contribution in [3.05, 3.63) is 18.0 Å². The van der Waals surface area contributed by atoms with E-state index in [0.717, 1.165) is 12.8 Å². The van der Waals surface area contributed by atoms with Crippen LogP contribution in [-0.2, 0) is 21.4 Å². The molecule has 3 rings (SSSR count). The molecule has 7 heteroatoms. The van der Waals surface area contributed by atoms with Gasteiger partial charge >= 0.3 is 0 Å². The molecule has 1 aliphatic carbocycles. The van der Waals surface area contributed by atoms with Crippen LogP contribution in [0.1, 0.15) is 38.4 Å². The predicted octanol–water partition coefficient (Wildman–Crippen LogP) is 1.11. The van der Waals surface area contributed by atoms with Gasteiger partial charge in [0.05, 0.1) is 18.8 Å². The third-order valence-corrected chi connectivity index (χ3v) is 5.85. The van der Waals surface area contributed by atoms with Crippen molar-refractivity contribution >= 4 is 10.0 Å². The molecule has 0 atom stereocenters. The average molecular weight is 314 g/mol. The van der Waals surface area contributed by atoms with E-state index in [1.807, 2.05) is 18.4 Å². The lowest BCUT2D eigenvalue weighted by Gasteiger charge is -2.37. The van der Waals surface area contributed by atoms with Crippen LogP contribution in [0.5, 0.6) is 0 Å². The molecule has 2 heterocycles. The number of nitrogens with zero attached hydrogens (tertiary/aromatic N) is 2. The molecule has 6 nitrogen and oxygen atoms in total. The number of rotatable bonds is 4. The molecule has 2 fully saturated rings. The Bertz CT molecular complexity index is 631. The number of sulfonamides is 1. The summed E-state index contributed by atoms with van der Waals surface area (Å²) in [5.74, 6) is 0. The van der Waals surface area contributed by atoms with Crippen LogP contribution >= 0.6 is 0 Å². The second kappa shape index (κ2) is 5.08. The Labute approximate surface area is 125 Å². The quantitative estimate of drug-likeness (QED) is 0.904. The minimum Gasteiger partial charge on any atom is -0.390 e. The highest BCUT2D eigenvalue weighted by Crippen LogP contribution is 2.37. The standard InChI is InChI=1S/C14H22N2O4S/c1-14(2)10-15(5-6-20-14)21(18,19)13-7-12(9-17)16(8-13)11-3-4-11/h7-8,11,17H,3-6,9-10H2,1-2H3. The van der Waals surface area contributed by atoms with Crippen LogP contribution in [-0.4, -0.2) is 47.7 Å². The van der Waals surface area contributed by atoms with Crippen molar-refractivity contribution in [2.75, 3.05) is 19.7 Å². The lowest BCUT2D eigenvalue weighted by Crippen LogP contribution is -2.50. The summed E-state index contributed by atoms with van der Waals surface area (Å²) in [6.07, 6.45) is 3.76. The van der Waals surface area contributed by atoms with Crippen molar-refractivity contribution in [1.82, 2.24) is 8.87 Å². The van der Waals surface area contributed by atoms with Crippen molar-refractivity contribution in [2.24, 2.45) is 0 Å². The van der Waals surface area contributed by atoms with E-state index in [9.17, 15) is 13.5 Å². The van der Waals surface area contributed by atoms with Crippen LogP contribution in [0.25, 0.3) is 0 Å². The van der Waals surface area contributed by atoms with Crippen molar-refractivity contribution in [3.8, 4) is 0 Å². The maximum absolute atomic E-state index is 12.8. The van der Waals surface area contributed by atoms with E-state index in [4.69, 9.17) is 4.74 Å². The second-order valence-electron chi connectivity index (χ2n) is 6.41. The zero-order valence-corrected chi connectivity index (χ0v) is 13.3. The summed E-state index contributed by atoms with van der Waals surface area (Å²) in [6, 6.07) is 1.94. The summed E-state index contributed by atoms with van der Waals surface area (Å²) in [5.41, 5.74) is 0.202. The summed E-state index contributed by atoms with van der Waals surface area (Å²) < 4.78 is 34.5. The number of aliphatic hydroxyl groups excluding tert-OH is 1. The molecule has 1 saturated carbocycles. The first-order valence-electron chi connectivity index (χ1n) is 7.29. The van der Waals surface area contributed by atoms with Gasteiger partial charge in [-0.25, -0.2) is 8.42 Å². The summed E-state index contributed by atoms with van der Waals surface area (Å²) in [7, 11) is -3.53. The molecule has 0 amide bonds. The van der Waals surface area contributed by atoms with E-state index in [2.05, 4.69) is 0 Å². The molecule has 1 aromatic heterocycles. The van der Waals surface area contributed by atoms with Gasteiger partial charge in [-0.05, 0) is 32.8 Å². The Hall–Kier alpha value is -0.890. The smallest absolute Gasteiger partial charge is 0.244 e. The Balaban J connectivity index is 1.91. The third-order valence-electron chi connectivity index (χ3n) is 4.04.